The van der Waals surface area contributed by atoms with Crippen molar-refractivity contribution in [2.75, 3.05) is 13.2 Å². The Labute approximate surface area is 94.1 Å². The van der Waals surface area contributed by atoms with Gasteiger partial charge in [-0.2, -0.15) is 0 Å². The summed E-state index contributed by atoms with van der Waals surface area (Å²) in [6.45, 7) is 3.19. The van der Waals surface area contributed by atoms with Gasteiger partial charge < -0.3 is 15.2 Å². The third kappa shape index (κ3) is 2.03. The van der Waals surface area contributed by atoms with E-state index in [-0.39, 0.29) is 6.04 Å². The van der Waals surface area contributed by atoms with Crippen molar-refractivity contribution in [3.05, 3.63) is 22.7 Å². The van der Waals surface area contributed by atoms with Crippen LogP contribution in [0.15, 0.2) is 12.1 Å². The zero-order valence-electron chi connectivity index (χ0n) is 8.63. The minimum absolute atomic E-state index is 0.0854. The van der Waals surface area contributed by atoms with E-state index in [2.05, 4.69) is 0 Å². The van der Waals surface area contributed by atoms with Crippen LogP contribution in [0.1, 0.15) is 24.9 Å². The number of nitrogens with two attached hydrogens (primary N) is 1. The van der Waals surface area contributed by atoms with Crippen molar-refractivity contribution < 1.29 is 9.47 Å². The Hall–Kier alpha value is -0.930. The summed E-state index contributed by atoms with van der Waals surface area (Å²) in [4.78, 5) is 0. The predicted octanol–water partition coefficient (Wildman–Crippen LogP) is 2.52. The molecule has 1 atom stereocenters. The second kappa shape index (κ2) is 4.29. The van der Waals surface area contributed by atoms with Gasteiger partial charge in [0.05, 0.1) is 18.2 Å². The van der Waals surface area contributed by atoms with Crippen LogP contribution in [0.25, 0.3) is 0 Å². The highest BCUT2D eigenvalue weighted by Crippen LogP contribution is 2.41. The maximum atomic E-state index is 6.05. The van der Waals surface area contributed by atoms with Crippen molar-refractivity contribution in [3.63, 3.8) is 0 Å². The van der Waals surface area contributed by atoms with E-state index in [0.717, 1.165) is 12.0 Å². The number of ether oxygens (including phenoxy) is 2. The van der Waals surface area contributed by atoms with Crippen molar-refractivity contribution in [2.45, 2.75) is 19.4 Å². The second-order valence-corrected chi connectivity index (χ2v) is 4.04. The first kappa shape index (κ1) is 10.6. The molecule has 1 aromatic rings. The molecule has 1 aliphatic heterocycles. The largest absolute Gasteiger partial charge is 0.489 e. The van der Waals surface area contributed by atoms with Gasteiger partial charge in [0.25, 0.3) is 0 Å². The van der Waals surface area contributed by atoms with Gasteiger partial charge in [-0.1, -0.05) is 17.7 Å². The van der Waals surface area contributed by atoms with Gasteiger partial charge in [0, 0.05) is 18.0 Å². The molecule has 1 unspecified atom stereocenters. The predicted molar refractivity (Wildman–Crippen MR) is 59.7 cm³/mol. The highest BCUT2D eigenvalue weighted by Gasteiger charge is 2.19. The lowest BCUT2D eigenvalue weighted by Crippen LogP contribution is -2.08. The standard InChI is InChI=1S/C11H14ClNO2/c1-7(13)8-3-4-9(12)11-10(8)14-5-2-6-15-11/h3-4,7H,2,5-6,13H2,1H3. The lowest BCUT2D eigenvalue weighted by Gasteiger charge is -2.15. The van der Waals surface area contributed by atoms with Gasteiger partial charge in [-0.25, -0.2) is 0 Å². The molecule has 0 spiro atoms. The normalized spacial score (nSPS) is 17.0. The molecule has 0 saturated carbocycles. The molecule has 82 valence electrons. The Morgan fingerprint density at radius 3 is 2.60 bits per heavy atom. The van der Waals surface area contributed by atoms with Crippen molar-refractivity contribution in [1.29, 1.82) is 0 Å². The maximum Gasteiger partial charge on any atom is 0.180 e. The first-order chi connectivity index (χ1) is 7.20. The summed E-state index contributed by atoms with van der Waals surface area (Å²) in [6, 6.07) is 3.60. The van der Waals surface area contributed by atoms with Crippen molar-refractivity contribution in [2.24, 2.45) is 5.73 Å². The van der Waals surface area contributed by atoms with E-state index >= 15 is 0 Å². The molecule has 0 amide bonds. The molecule has 1 heterocycles. The van der Waals surface area contributed by atoms with E-state index < -0.39 is 0 Å². The highest BCUT2D eigenvalue weighted by atomic mass is 35.5. The van der Waals surface area contributed by atoms with Gasteiger partial charge in [0.2, 0.25) is 0 Å². The van der Waals surface area contributed by atoms with Crippen molar-refractivity contribution >= 4 is 11.6 Å². The summed E-state index contributed by atoms with van der Waals surface area (Å²) in [5.41, 5.74) is 6.80. The molecule has 0 bridgehead atoms. The van der Waals surface area contributed by atoms with E-state index in [1.807, 2.05) is 13.0 Å². The average Bonchev–Trinajstić information content (AvgIpc) is 2.43. The van der Waals surface area contributed by atoms with E-state index in [9.17, 15) is 0 Å². The van der Waals surface area contributed by atoms with E-state index in [4.69, 9.17) is 26.8 Å². The van der Waals surface area contributed by atoms with Crippen LogP contribution < -0.4 is 15.2 Å². The Bertz CT molecular complexity index is 366. The summed E-state index contributed by atoms with van der Waals surface area (Å²) >= 11 is 6.05. The second-order valence-electron chi connectivity index (χ2n) is 3.63. The topological polar surface area (TPSA) is 44.5 Å². The van der Waals surface area contributed by atoms with Gasteiger partial charge in [-0.05, 0) is 13.0 Å². The first-order valence-electron chi connectivity index (χ1n) is 5.03. The molecule has 2 rings (SSSR count). The van der Waals surface area contributed by atoms with Gasteiger partial charge in [0.15, 0.2) is 11.5 Å². The summed E-state index contributed by atoms with van der Waals surface area (Å²) in [5, 5.41) is 0.580. The minimum Gasteiger partial charge on any atom is -0.489 e. The van der Waals surface area contributed by atoms with E-state index in [1.54, 1.807) is 6.07 Å². The first-order valence-corrected chi connectivity index (χ1v) is 5.41. The molecule has 0 fully saturated rings. The summed E-state index contributed by atoms with van der Waals surface area (Å²) < 4.78 is 11.2. The number of hydrogen-bond donors (Lipinski definition) is 1. The van der Waals surface area contributed by atoms with Gasteiger partial charge >= 0.3 is 0 Å². The summed E-state index contributed by atoms with van der Waals surface area (Å²) in [5.74, 6) is 1.33. The molecular weight excluding hydrogens is 214 g/mol. The number of benzene rings is 1. The van der Waals surface area contributed by atoms with Crippen LogP contribution >= 0.6 is 11.6 Å². The molecule has 2 N–H and O–H groups in total. The lowest BCUT2D eigenvalue weighted by atomic mass is 10.1. The molecule has 15 heavy (non-hydrogen) atoms. The monoisotopic (exact) mass is 227 g/mol. The van der Waals surface area contributed by atoms with E-state index in [0.29, 0.717) is 29.7 Å². The fraction of sp³-hybridized carbons (Fsp3) is 0.455. The lowest BCUT2D eigenvalue weighted by molar-refractivity contribution is 0.295. The zero-order valence-corrected chi connectivity index (χ0v) is 9.38. The molecule has 0 aromatic heterocycles. The molecule has 4 heteroatoms. The third-order valence-electron chi connectivity index (χ3n) is 2.37. The van der Waals surface area contributed by atoms with Crippen LogP contribution in [-0.2, 0) is 0 Å². The van der Waals surface area contributed by atoms with Crippen LogP contribution in [0.3, 0.4) is 0 Å². The van der Waals surface area contributed by atoms with Gasteiger partial charge in [-0.15, -0.1) is 0 Å². The quantitative estimate of drug-likeness (QED) is 0.802. The SMILES string of the molecule is CC(N)c1ccc(Cl)c2c1OCCCO2. The molecule has 0 saturated heterocycles. The van der Waals surface area contributed by atoms with Crippen molar-refractivity contribution in [1.82, 2.24) is 0 Å². The Morgan fingerprint density at radius 1 is 1.27 bits per heavy atom. The third-order valence-corrected chi connectivity index (χ3v) is 2.66. The van der Waals surface area contributed by atoms with Crippen LogP contribution in [0.5, 0.6) is 11.5 Å². The van der Waals surface area contributed by atoms with E-state index in [1.165, 1.54) is 0 Å². The molecule has 1 aliphatic rings. The summed E-state index contributed by atoms with van der Waals surface area (Å²) in [6.07, 6.45) is 0.864. The Morgan fingerprint density at radius 2 is 1.93 bits per heavy atom. The Balaban J connectivity index is 2.51. The van der Waals surface area contributed by atoms with Crippen LogP contribution in [0.4, 0.5) is 0 Å². The highest BCUT2D eigenvalue weighted by molar-refractivity contribution is 6.32. The fourth-order valence-corrected chi connectivity index (χ4v) is 1.81. The molecule has 3 nitrogen and oxygen atoms in total. The number of hydrogen-bond acceptors (Lipinski definition) is 3. The van der Waals surface area contributed by atoms with Gasteiger partial charge in [-0.3, -0.25) is 0 Å². The van der Waals surface area contributed by atoms with Crippen molar-refractivity contribution in [3.8, 4) is 11.5 Å². The minimum atomic E-state index is -0.0854. The van der Waals surface area contributed by atoms with Gasteiger partial charge in [0.1, 0.15) is 0 Å². The number of fused-ring (bicyclic) bond motifs is 1. The molecule has 0 aliphatic carbocycles. The summed E-state index contributed by atoms with van der Waals surface area (Å²) in [7, 11) is 0. The maximum absolute atomic E-state index is 6.05. The number of halogens is 1. The smallest absolute Gasteiger partial charge is 0.180 e. The molecular formula is C11H14ClNO2. The zero-order chi connectivity index (χ0) is 10.8. The van der Waals surface area contributed by atoms with Crippen LogP contribution in [-0.4, -0.2) is 13.2 Å². The molecule has 1 aromatic carbocycles. The molecule has 0 radical (unpaired) electrons. The van der Waals surface area contributed by atoms with Crippen LogP contribution in [0.2, 0.25) is 5.02 Å². The van der Waals surface area contributed by atoms with Crippen LogP contribution in [0, 0.1) is 0 Å². The average molecular weight is 228 g/mol. The fourth-order valence-electron chi connectivity index (χ4n) is 1.60. The Kier molecular flexibility index (Phi) is 3.03. The number of rotatable bonds is 1.